The normalized spacial score (nSPS) is 10.2. The lowest BCUT2D eigenvalue weighted by molar-refractivity contribution is 0.0596. The number of hydrogen-bond acceptors (Lipinski definition) is 7. The van der Waals surface area contributed by atoms with E-state index in [1.807, 2.05) is 13.1 Å². The third-order valence-corrected chi connectivity index (χ3v) is 3.75. The topological polar surface area (TPSA) is 73.3 Å². The van der Waals surface area contributed by atoms with Crippen LogP contribution in [0.5, 0.6) is 5.88 Å². The van der Waals surface area contributed by atoms with Crippen molar-refractivity contribution in [1.82, 2.24) is 9.97 Å². The molecule has 0 radical (unpaired) electrons. The molecule has 0 saturated heterocycles. The van der Waals surface area contributed by atoms with E-state index in [-0.39, 0.29) is 5.88 Å². The second-order valence-electron chi connectivity index (χ2n) is 4.29. The summed E-state index contributed by atoms with van der Waals surface area (Å²) in [5.74, 6) is 0.425. The van der Waals surface area contributed by atoms with Gasteiger partial charge in [0.25, 0.3) is 0 Å². The molecule has 0 spiro atoms. The molecule has 0 fully saturated rings. The van der Waals surface area contributed by atoms with Crippen LogP contribution in [-0.2, 0) is 11.2 Å². The molecule has 21 heavy (non-hydrogen) atoms. The predicted octanol–water partition coefficient (Wildman–Crippen LogP) is 2.30. The Balaban J connectivity index is 1.99. The lowest BCUT2D eigenvalue weighted by Crippen LogP contribution is -2.09. The molecule has 0 amide bonds. The van der Waals surface area contributed by atoms with Gasteiger partial charge >= 0.3 is 5.97 Å². The predicted molar refractivity (Wildman–Crippen MR) is 81.2 cm³/mol. The zero-order chi connectivity index (χ0) is 15.2. The number of rotatable bonds is 6. The molecule has 7 heteroatoms. The molecule has 2 heterocycles. The number of ether oxygens (including phenoxy) is 2. The summed E-state index contributed by atoms with van der Waals surface area (Å²) in [6.45, 7) is 2.74. The molecule has 6 nitrogen and oxygen atoms in total. The fourth-order valence-electron chi connectivity index (χ4n) is 1.77. The third kappa shape index (κ3) is 3.91. The minimum atomic E-state index is -0.468. The molecule has 1 N–H and O–H groups in total. The first-order valence-electron chi connectivity index (χ1n) is 6.42. The highest BCUT2D eigenvalue weighted by molar-refractivity contribution is 7.11. The largest absolute Gasteiger partial charge is 0.480 e. The van der Waals surface area contributed by atoms with Crippen molar-refractivity contribution in [3.05, 3.63) is 33.8 Å². The van der Waals surface area contributed by atoms with E-state index >= 15 is 0 Å². The number of aryl methyl sites for hydroxylation is 1. The highest BCUT2D eigenvalue weighted by atomic mass is 32.1. The van der Waals surface area contributed by atoms with Gasteiger partial charge in [0.2, 0.25) is 5.88 Å². The molecule has 0 aliphatic heterocycles. The van der Waals surface area contributed by atoms with E-state index in [1.54, 1.807) is 23.5 Å². The van der Waals surface area contributed by atoms with Crippen LogP contribution in [-0.4, -0.2) is 36.7 Å². The summed E-state index contributed by atoms with van der Waals surface area (Å²) in [5.41, 5.74) is 0.307. The summed E-state index contributed by atoms with van der Waals surface area (Å²) in [4.78, 5) is 21.3. The molecular weight excluding hydrogens is 290 g/mol. The van der Waals surface area contributed by atoms with Crippen LogP contribution in [0, 0.1) is 6.92 Å². The standard InChI is InChI=1S/C14H17N3O3S/c1-9-8-16-12(21-9)6-7-15-11-5-4-10(14(18)20-3)13(17-11)19-2/h4-5,8H,6-7H2,1-3H3,(H,15,17). The van der Waals surface area contributed by atoms with Gasteiger partial charge in [-0.05, 0) is 19.1 Å². The van der Waals surface area contributed by atoms with E-state index < -0.39 is 5.97 Å². The molecule has 0 aliphatic carbocycles. The lowest BCUT2D eigenvalue weighted by atomic mass is 10.2. The Morgan fingerprint density at radius 1 is 1.38 bits per heavy atom. The Bertz CT molecular complexity index is 628. The highest BCUT2D eigenvalue weighted by Crippen LogP contribution is 2.19. The van der Waals surface area contributed by atoms with Crippen LogP contribution in [0.3, 0.4) is 0 Å². The van der Waals surface area contributed by atoms with Gasteiger partial charge in [-0.1, -0.05) is 0 Å². The van der Waals surface area contributed by atoms with Gasteiger partial charge in [-0.15, -0.1) is 11.3 Å². The number of pyridine rings is 1. The molecular formula is C14H17N3O3S. The molecule has 0 aromatic carbocycles. The summed E-state index contributed by atoms with van der Waals surface area (Å²) in [6.07, 6.45) is 2.69. The summed E-state index contributed by atoms with van der Waals surface area (Å²) in [7, 11) is 2.79. The van der Waals surface area contributed by atoms with Crippen molar-refractivity contribution < 1.29 is 14.3 Å². The van der Waals surface area contributed by atoms with Gasteiger partial charge in [-0.2, -0.15) is 4.98 Å². The van der Waals surface area contributed by atoms with Crippen LogP contribution < -0.4 is 10.1 Å². The van der Waals surface area contributed by atoms with Crippen molar-refractivity contribution in [2.75, 3.05) is 26.1 Å². The number of esters is 1. The van der Waals surface area contributed by atoms with Crippen LogP contribution in [0.25, 0.3) is 0 Å². The van der Waals surface area contributed by atoms with Crippen molar-refractivity contribution >= 4 is 23.1 Å². The van der Waals surface area contributed by atoms with Crippen molar-refractivity contribution in [2.45, 2.75) is 13.3 Å². The number of methoxy groups -OCH3 is 2. The molecule has 0 bridgehead atoms. The van der Waals surface area contributed by atoms with Gasteiger partial charge in [0.15, 0.2) is 0 Å². The fraction of sp³-hybridized carbons (Fsp3) is 0.357. The number of aromatic nitrogens is 2. The maximum absolute atomic E-state index is 11.5. The van der Waals surface area contributed by atoms with Crippen LogP contribution in [0.15, 0.2) is 18.3 Å². The van der Waals surface area contributed by atoms with Crippen molar-refractivity contribution in [3.8, 4) is 5.88 Å². The third-order valence-electron chi connectivity index (χ3n) is 2.77. The second kappa shape index (κ2) is 7.03. The molecule has 2 rings (SSSR count). The first kappa shape index (κ1) is 15.2. The van der Waals surface area contributed by atoms with E-state index in [0.717, 1.165) is 11.4 Å². The zero-order valence-corrected chi connectivity index (χ0v) is 13.0. The van der Waals surface area contributed by atoms with E-state index in [2.05, 4.69) is 20.0 Å². The number of thiazole rings is 1. The fourth-order valence-corrected chi connectivity index (χ4v) is 2.56. The summed E-state index contributed by atoms with van der Waals surface area (Å²) < 4.78 is 9.79. The molecule has 0 aliphatic rings. The second-order valence-corrected chi connectivity index (χ2v) is 5.61. The lowest BCUT2D eigenvalue weighted by Gasteiger charge is -2.09. The quantitative estimate of drug-likeness (QED) is 0.826. The number of nitrogens with zero attached hydrogens (tertiary/aromatic N) is 2. The average molecular weight is 307 g/mol. The van der Waals surface area contributed by atoms with Gasteiger partial charge in [0.1, 0.15) is 11.4 Å². The van der Waals surface area contributed by atoms with Crippen LogP contribution in [0.1, 0.15) is 20.2 Å². The van der Waals surface area contributed by atoms with Gasteiger partial charge < -0.3 is 14.8 Å². The maximum atomic E-state index is 11.5. The molecule has 0 atom stereocenters. The Morgan fingerprint density at radius 2 is 2.19 bits per heavy atom. The van der Waals surface area contributed by atoms with E-state index in [4.69, 9.17) is 4.74 Å². The van der Waals surface area contributed by atoms with E-state index in [0.29, 0.717) is 17.9 Å². The maximum Gasteiger partial charge on any atom is 0.343 e. The van der Waals surface area contributed by atoms with Crippen LogP contribution in [0.2, 0.25) is 0 Å². The number of carbonyl (C=O) groups excluding carboxylic acids is 1. The zero-order valence-electron chi connectivity index (χ0n) is 12.2. The molecule has 0 unspecified atom stereocenters. The van der Waals surface area contributed by atoms with Crippen molar-refractivity contribution in [2.24, 2.45) is 0 Å². The smallest absolute Gasteiger partial charge is 0.343 e. The Kier molecular flexibility index (Phi) is 5.10. The monoisotopic (exact) mass is 307 g/mol. The van der Waals surface area contributed by atoms with Gasteiger partial charge in [0, 0.05) is 24.0 Å². The number of hydrogen-bond donors (Lipinski definition) is 1. The van der Waals surface area contributed by atoms with Crippen molar-refractivity contribution in [3.63, 3.8) is 0 Å². The minimum absolute atomic E-state index is 0.247. The molecule has 2 aromatic rings. The Labute approximate surface area is 127 Å². The first-order valence-corrected chi connectivity index (χ1v) is 7.24. The Morgan fingerprint density at radius 3 is 2.81 bits per heavy atom. The molecule has 0 saturated carbocycles. The van der Waals surface area contributed by atoms with Gasteiger partial charge in [0.05, 0.1) is 19.2 Å². The highest BCUT2D eigenvalue weighted by Gasteiger charge is 2.14. The summed E-state index contributed by atoms with van der Waals surface area (Å²) >= 11 is 1.68. The Hall–Kier alpha value is -2.15. The summed E-state index contributed by atoms with van der Waals surface area (Å²) in [6, 6.07) is 3.36. The SMILES string of the molecule is COC(=O)c1ccc(NCCc2ncc(C)s2)nc1OC. The van der Waals surface area contributed by atoms with Crippen LogP contribution in [0.4, 0.5) is 5.82 Å². The first-order chi connectivity index (χ1) is 10.1. The van der Waals surface area contributed by atoms with Gasteiger partial charge in [-0.3, -0.25) is 0 Å². The summed E-state index contributed by atoms with van der Waals surface area (Å²) in [5, 5.41) is 4.27. The average Bonchev–Trinajstić information content (AvgIpc) is 2.91. The minimum Gasteiger partial charge on any atom is -0.480 e. The molecule has 2 aromatic heterocycles. The van der Waals surface area contributed by atoms with Crippen molar-refractivity contribution in [1.29, 1.82) is 0 Å². The van der Waals surface area contributed by atoms with E-state index in [1.165, 1.54) is 19.1 Å². The van der Waals surface area contributed by atoms with Crippen LogP contribution >= 0.6 is 11.3 Å². The number of nitrogens with one attached hydrogen (secondary N) is 1. The number of carbonyl (C=O) groups is 1. The van der Waals surface area contributed by atoms with Gasteiger partial charge in [-0.25, -0.2) is 9.78 Å². The molecule has 112 valence electrons. The number of anilines is 1. The van der Waals surface area contributed by atoms with E-state index in [9.17, 15) is 4.79 Å².